The lowest BCUT2D eigenvalue weighted by Gasteiger charge is -2.39. The van der Waals surface area contributed by atoms with Crippen molar-refractivity contribution in [2.75, 3.05) is 0 Å². The van der Waals surface area contributed by atoms with Crippen molar-refractivity contribution < 1.29 is 0 Å². The lowest BCUT2D eigenvalue weighted by molar-refractivity contribution is 0.349. The zero-order chi connectivity index (χ0) is 41.0. The molecule has 1 aromatic heterocycles. The Bertz CT molecular complexity index is 3030. The number of nitrogens with zero attached hydrogens (tertiary/aromatic N) is 3. The van der Waals surface area contributed by atoms with Gasteiger partial charge in [-0.3, -0.25) is 0 Å². The number of hydrogen-bond donors (Lipinski definition) is 0. The molecule has 4 unspecified atom stereocenters. The Morgan fingerprint density at radius 2 is 1.19 bits per heavy atom. The van der Waals surface area contributed by atoms with Crippen molar-refractivity contribution in [1.29, 1.82) is 0 Å². The van der Waals surface area contributed by atoms with E-state index in [0.29, 0.717) is 29.3 Å². The summed E-state index contributed by atoms with van der Waals surface area (Å²) in [5.41, 5.74) is 20.4. The van der Waals surface area contributed by atoms with Gasteiger partial charge in [-0.25, -0.2) is 15.0 Å². The van der Waals surface area contributed by atoms with Crippen LogP contribution in [0, 0.1) is 11.8 Å². The van der Waals surface area contributed by atoms with Crippen molar-refractivity contribution in [2.45, 2.75) is 75.0 Å². The lowest BCUT2D eigenvalue weighted by atomic mass is 9.64. The quantitative estimate of drug-likeness (QED) is 0.178. The van der Waals surface area contributed by atoms with E-state index in [1.807, 2.05) is 6.07 Å². The van der Waals surface area contributed by atoms with E-state index in [2.05, 4.69) is 165 Å². The molecular formula is C59H49N3. The van der Waals surface area contributed by atoms with Crippen molar-refractivity contribution in [2.24, 2.45) is 11.8 Å². The van der Waals surface area contributed by atoms with Gasteiger partial charge in [0.15, 0.2) is 17.5 Å². The normalized spacial score (nSPS) is 24.3. The maximum Gasteiger partial charge on any atom is 0.164 e. The second-order valence-corrected chi connectivity index (χ2v) is 19.0. The Morgan fingerprint density at radius 1 is 0.548 bits per heavy atom. The molecule has 300 valence electrons. The van der Waals surface area contributed by atoms with Gasteiger partial charge in [-0.2, -0.15) is 0 Å². The lowest BCUT2D eigenvalue weighted by Crippen LogP contribution is -2.32. The number of allylic oxidation sites excluding steroid dienone is 12. The Hall–Kier alpha value is -6.45. The number of benzene rings is 5. The molecule has 3 nitrogen and oxygen atoms in total. The average molecular weight is 800 g/mol. The van der Waals surface area contributed by atoms with E-state index < -0.39 is 0 Å². The summed E-state index contributed by atoms with van der Waals surface area (Å²) in [6, 6.07) is 42.2. The van der Waals surface area contributed by atoms with E-state index in [0.717, 1.165) is 36.0 Å². The molecule has 0 aliphatic heterocycles. The van der Waals surface area contributed by atoms with Crippen LogP contribution in [0.5, 0.6) is 0 Å². The molecule has 7 aliphatic rings. The highest BCUT2D eigenvalue weighted by Crippen LogP contribution is 2.64. The fraction of sp³-hybridized carbons (Fsp3) is 0.237. The van der Waals surface area contributed by atoms with Gasteiger partial charge in [-0.1, -0.05) is 172 Å². The molecule has 1 heterocycles. The third-order valence-corrected chi connectivity index (χ3v) is 15.9. The monoisotopic (exact) mass is 799 g/mol. The van der Waals surface area contributed by atoms with Crippen molar-refractivity contribution >= 4 is 11.1 Å². The van der Waals surface area contributed by atoms with Crippen molar-refractivity contribution in [1.82, 2.24) is 15.0 Å². The summed E-state index contributed by atoms with van der Waals surface area (Å²) in [7, 11) is 0. The van der Waals surface area contributed by atoms with E-state index in [4.69, 9.17) is 15.0 Å². The van der Waals surface area contributed by atoms with Gasteiger partial charge in [0.2, 0.25) is 0 Å². The molecule has 1 fully saturated rings. The number of fused-ring (bicyclic) bond motifs is 10. The number of aromatic nitrogens is 3. The average Bonchev–Trinajstić information content (AvgIpc) is 3.76. The summed E-state index contributed by atoms with van der Waals surface area (Å²) in [6.07, 6.45) is 29.4. The van der Waals surface area contributed by atoms with Crippen LogP contribution < -0.4 is 0 Å². The van der Waals surface area contributed by atoms with Gasteiger partial charge < -0.3 is 0 Å². The summed E-state index contributed by atoms with van der Waals surface area (Å²) in [4.78, 5) is 15.8. The molecule has 0 saturated heterocycles. The molecule has 7 aliphatic carbocycles. The highest BCUT2D eigenvalue weighted by atomic mass is 15.0. The zero-order valence-corrected chi connectivity index (χ0v) is 35.3. The van der Waals surface area contributed by atoms with Crippen LogP contribution in [0.3, 0.4) is 0 Å². The Morgan fingerprint density at radius 3 is 1.97 bits per heavy atom. The summed E-state index contributed by atoms with van der Waals surface area (Å²) in [5.74, 6) is 3.07. The highest BCUT2D eigenvalue weighted by molar-refractivity contribution is 5.92. The minimum absolute atomic E-state index is 0.120. The van der Waals surface area contributed by atoms with E-state index in [-0.39, 0.29) is 16.7 Å². The van der Waals surface area contributed by atoms with Gasteiger partial charge in [0.25, 0.3) is 0 Å². The first-order chi connectivity index (χ1) is 30.6. The van der Waals surface area contributed by atoms with Crippen molar-refractivity contribution in [3.8, 4) is 45.3 Å². The van der Waals surface area contributed by atoms with Crippen LogP contribution >= 0.6 is 0 Å². The van der Waals surface area contributed by atoms with Gasteiger partial charge in [-0.15, -0.1) is 0 Å². The molecule has 13 rings (SSSR count). The molecular weight excluding hydrogens is 751 g/mol. The first kappa shape index (κ1) is 36.2. The molecule has 1 spiro atoms. The molecule has 3 heteroatoms. The second-order valence-electron chi connectivity index (χ2n) is 19.0. The first-order valence-corrected chi connectivity index (χ1v) is 23.0. The molecule has 0 amide bonds. The van der Waals surface area contributed by atoms with Crippen LogP contribution in [-0.2, 0) is 10.8 Å². The Kier molecular flexibility index (Phi) is 8.05. The van der Waals surface area contributed by atoms with Crippen LogP contribution in [0.1, 0.15) is 97.6 Å². The molecule has 4 bridgehead atoms. The van der Waals surface area contributed by atoms with Gasteiger partial charge >= 0.3 is 0 Å². The van der Waals surface area contributed by atoms with E-state index >= 15 is 0 Å². The van der Waals surface area contributed by atoms with Crippen molar-refractivity contribution in [3.05, 3.63) is 208 Å². The summed E-state index contributed by atoms with van der Waals surface area (Å²) in [6.45, 7) is 2.58. The Balaban J connectivity index is 1.04. The van der Waals surface area contributed by atoms with Crippen LogP contribution in [0.15, 0.2) is 175 Å². The summed E-state index contributed by atoms with van der Waals surface area (Å²) >= 11 is 0. The van der Waals surface area contributed by atoms with E-state index in [1.54, 1.807) is 16.7 Å². The molecule has 1 saturated carbocycles. The van der Waals surface area contributed by atoms with Crippen molar-refractivity contribution in [3.63, 3.8) is 0 Å². The predicted octanol–water partition coefficient (Wildman–Crippen LogP) is 14.3. The van der Waals surface area contributed by atoms with E-state index in [9.17, 15) is 0 Å². The maximum atomic E-state index is 5.33. The number of rotatable bonds is 4. The van der Waals surface area contributed by atoms with Crippen LogP contribution in [-0.4, -0.2) is 15.0 Å². The highest BCUT2D eigenvalue weighted by Gasteiger charge is 2.53. The van der Waals surface area contributed by atoms with E-state index in [1.165, 1.54) is 82.2 Å². The predicted molar refractivity (Wildman–Crippen MR) is 253 cm³/mol. The Labute approximate surface area is 365 Å². The topological polar surface area (TPSA) is 38.7 Å². The van der Waals surface area contributed by atoms with Gasteiger partial charge in [0, 0.05) is 45.3 Å². The van der Waals surface area contributed by atoms with Gasteiger partial charge in [0.05, 0.1) is 0 Å². The maximum absolute atomic E-state index is 5.33. The molecule has 0 radical (unpaired) electrons. The fourth-order valence-corrected chi connectivity index (χ4v) is 12.9. The summed E-state index contributed by atoms with van der Waals surface area (Å²) in [5, 5.41) is 0. The standard InChI is InChI=1S/C59H49N3/c1-58-49-23-10-9-21-46(49)47-35-53-48(36-52(47)58)54-45(22-14-24-50(54)59(53)31-11-4-12-32-59)42-20-13-19-41(33-42)44-30-29-43(34-51(44)58)57-61-55(39-17-7-3-8-18-39)60-56(62-57)40-27-25-38(26-28-40)37-15-5-2-6-16-37/h2-3,5-10,13-18,20-21,24-30,33-36,41,45,49H,4,11-12,19,22-23,31-32H2,1H3. The smallest absolute Gasteiger partial charge is 0.164 e. The zero-order valence-electron chi connectivity index (χ0n) is 35.3. The summed E-state index contributed by atoms with van der Waals surface area (Å²) < 4.78 is 0. The SMILES string of the molecule is CC12c3cc4c(cc3C3=CC=CCC31)C1(CCCCC1)C1=C4C(CC=C1)C1=CC(CC=C1)c1ccc(-c3nc(-c4ccccc4)nc(-c4ccc(-c5ccccc5)cc4)n3)cc12. The molecule has 4 atom stereocenters. The number of hydrogen-bond acceptors (Lipinski definition) is 3. The van der Waals surface area contributed by atoms with Crippen LogP contribution in [0.4, 0.5) is 0 Å². The minimum atomic E-state index is -0.264. The van der Waals surface area contributed by atoms with Gasteiger partial charge in [-0.05, 0) is 117 Å². The minimum Gasteiger partial charge on any atom is -0.208 e. The second kappa shape index (κ2) is 13.8. The van der Waals surface area contributed by atoms with Gasteiger partial charge in [0.1, 0.15) is 0 Å². The molecule has 5 aromatic carbocycles. The fourth-order valence-electron chi connectivity index (χ4n) is 12.9. The first-order valence-electron chi connectivity index (χ1n) is 23.0. The molecule has 62 heavy (non-hydrogen) atoms. The third-order valence-electron chi connectivity index (χ3n) is 15.9. The van der Waals surface area contributed by atoms with Crippen LogP contribution in [0.2, 0.25) is 0 Å². The molecule has 6 aromatic rings. The third kappa shape index (κ3) is 5.27. The largest absolute Gasteiger partial charge is 0.208 e. The van der Waals surface area contributed by atoms with Crippen LogP contribution in [0.25, 0.3) is 56.4 Å². The molecule has 0 N–H and O–H groups in total.